The van der Waals surface area contributed by atoms with Crippen molar-refractivity contribution in [3.05, 3.63) is 0 Å². The molecule has 1 heterocycles. The molecule has 0 radical (unpaired) electrons. The van der Waals surface area contributed by atoms with Gasteiger partial charge >= 0.3 is 0 Å². The second kappa shape index (κ2) is 11.1. The number of epoxide rings is 1. The molecule has 6 heteroatoms. The second-order valence-corrected chi connectivity index (χ2v) is 14.0. The minimum Gasteiger partial charge on any atom is -0.413 e. The van der Waals surface area contributed by atoms with Crippen molar-refractivity contribution in [2.45, 2.75) is 90.3 Å². The second-order valence-electron chi connectivity index (χ2n) is 8.52. The summed E-state index contributed by atoms with van der Waals surface area (Å²) in [6, 6.07) is 0. The highest BCUT2D eigenvalue weighted by Crippen LogP contribution is 2.43. The monoisotopic (exact) mass is 390 g/mol. The maximum Gasteiger partial charge on any atom is 0.200 e. The van der Waals surface area contributed by atoms with Gasteiger partial charge in [-0.2, -0.15) is 0 Å². The zero-order valence-corrected chi connectivity index (χ0v) is 19.4. The van der Waals surface area contributed by atoms with E-state index >= 15 is 0 Å². The predicted molar refractivity (Wildman–Crippen MR) is 108 cm³/mol. The maximum atomic E-state index is 6.77. The molecule has 0 N–H and O–H groups in total. The van der Waals surface area contributed by atoms with E-state index in [1.165, 1.54) is 0 Å². The molecular weight excluding hydrogens is 348 g/mol. The molecule has 156 valence electrons. The molecule has 5 nitrogen and oxygen atoms in total. The third kappa shape index (κ3) is 6.28. The van der Waals surface area contributed by atoms with Gasteiger partial charge in [-0.3, -0.25) is 0 Å². The van der Waals surface area contributed by atoms with Crippen LogP contribution in [0.4, 0.5) is 0 Å². The maximum absolute atomic E-state index is 6.77. The van der Waals surface area contributed by atoms with E-state index in [4.69, 9.17) is 23.4 Å². The number of methoxy groups -OCH3 is 1. The fraction of sp³-hybridized carbons (Fsp3) is 1.00. The van der Waals surface area contributed by atoms with Crippen molar-refractivity contribution in [2.75, 3.05) is 33.7 Å². The summed E-state index contributed by atoms with van der Waals surface area (Å²) in [7, 11) is -0.240. The summed E-state index contributed by atoms with van der Waals surface area (Å²) in [5.74, 6) is 0.286. The Bertz CT molecular complexity index is 367. The van der Waals surface area contributed by atoms with Crippen LogP contribution >= 0.6 is 0 Å². The minimum absolute atomic E-state index is 0.0179. The van der Waals surface area contributed by atoms with Gasteiger partial charge in [-0.1, -0.05) is 48.5 Å². The molecular formula is C20H42O5Si. The molecule has 26 heavy (non-hydrogen) atoms. The standard InChI is InChI=1S/C20H42O5Si/c1-14(2)26(15(3)4,16(5)6)24-12-19(17(7)20-18(8)25-20)23-13-22-11-10-21-9/h14-20H,10-13H2,1-9H3/t17-,18-,19+,20-/m1/s1. The van der Waals surface area contributed by atoms with E-state index in [1.54, 1.807) is 7.11 Å². The lowest BCUT2D eigenvalue weighted by atomic mass is 10.00. The topological polar surface area (TPSA) is 49.5 Å². The van der Waals surface area contributed by atoms with Crippen molar-refractivity contribution in [2.24, 2.45) is 5.92 Å². The highest BCUT2D eigenvalue weighted by atomic mass is 28.4. The Hall–Kier alpha value is 0.0169. The lowest BCUT2D eigenvalue weighted by molar-refractivity contribution is -0.124. The highest BCUT2D eigenvalue weighted by Gasteiger charge is 2.47. The minimum atomic E-state index is -1.91. The van der Waals surface area contributed by atoms with Crippen molar-refractivity contribution in [1.82, 2.24) is 0 Å². The summed E-state index contributed by atoms with van der Waals surface area (Å²) < 4.78 is 29.1. The average Bonchev–Trinajstić information content (AvgIpc) is 3.28. The normalized spacial score (nSPS) is 23.1. The van der Waals surface area contributed by atoms with E-state index in [0.29, 0.717) is 42.5 Å². The van der Waals surface area contributed by atoms with Crippen LogP contribution in [0.1, 0.15) is 55.4 Å². The Balaban J connectivity index is 2.73. The van der Waals surface area contributed by atoms with Gasteiger partial charge in [0.05, 0.1) is 38.1 Å². The van der Waals surface area contributed by atoms with Crippen LogP contribution in [0.15, 0.2) is 0 Å². The first-order chi connectivity index (χ1) is 12.2. The molecule has 1 fully saturated rings. The Morgan fingerprint density at radius 3 is 1.88 bits per heavy atom. The molecule has 1 aliphatic heterocycles. The first-order valence-corrected chi connectivity index (χ1v) is 12.3. The summed E-state index contributed by atoms with van der Waals surface area (Å²) in [4.78, 5) is 0. The van der Waals surface area contributed by atoms with Crippen LogP contribution in [0.25, 0.3) is 0 Å². The van der Waals surface area contributed by atoms with Gasteiger partial charge in [0, 0.05) is 13.0 Å². The first-order valence-electron chi connectivity index (χ1n) is 10.2. The lowest BCUT2D eigenvalue weighted by Gasteiger charge is -2.43. The molecule has 0 saturated carbocycles. The van der Waals surface area contributed by atoms with E-state index in [-0.39, 0.29) is 24.9 Å². The van der Waals surface area contributed by atoms with Crippen LogP contribution in [0.5, 0.6) is 0 Å². The number of rotatable bonds is 14. The third-order valence-electron chi connectivity index (χ3n) is 5.86. The quantitative estimate of drug-likeness (QED) is 0.188. The first kappa shape index (κ1) is 24.1. The molecule has 0 bridgehead atoms. The summed E-state index contributed by atoms with van der Waals surface area (Å²) >= 11 is 0. The van der Waals surface area contributed by atoms with E-state index in [9.17, 15) is 0 Å². The fourth-order valence-electron chi connectivity index (χ4n) is 4.38. The van der Waals surface area contributed by atoms with Gasteiger partial charge in [0.15, 0.2) is 8.32 Å². The number of ether oxygens (including phenoxy) is 4. The third-order valence-corrected chi connectivity index (χ3v) is 11.9. The molecule has 0 aromatic carbocycles. The molecule has 0 aliphatic carbocycles. The van der Waals surface area contributed by atoms with Crippen molar-refractivity contribution < 1.29 is 23.4 Å². The molecule has 0 unspecified atom stereocenters. The van der Waals surface area contributed by atoms with Gasteiger partial charge in [-0.05, 0) is 23.5 Å². The average molecular weight is 391 g/mol. The van der Waals surface area contributed by atoms with Crippen LogP contribution < -0.4 is 0 Å². The molecule has 0 amide bonds. The Labute approximate surface area is 162 Å². The van der Waals surface area contributed by atoms with E-state index in [2.05, 4.69) is 55.4 Å². The number of hydrogen-bond acceptors (Lipinski definition) is 5. The van der Waals surface area contributed by atoms with Gasteiger partial charge < -0.3 is 23.4 Å². The molecule has 0 aromatic rings. The molecule has 0 aromatic heterocycles. The molecule has 4 atom stereocenters. The van der Waals surface area contributed by atoms with E-state index in [0.717, 1.165) is 0 Å². The summed E-state index contributed by atoms with van der Waals surface area (Å²) in [5.41, 5.74) is 1.69. The van der Waals surface area contributed by atoms with Gasteiger partial charge in [0.25, 0.3) is 0 Å². The summed E-state index contributed by atoms with van der Waals surface area (Å²) in [6.45, 7) is 20.2. The SMILES string of the molecule is COCCOCO[C@@H](CO[Si](C(C)C)(C(C)C)C(C)C)[C@@H](C)[C@H]1O[C@@H]1C. The summed E-state index contributed by atoms with van der Waals surface area (Å²) in [6.07, 6.45) is 0.555. The van der Waals surface area contributed by atoms with Crippen molar-refractivity contribution >= 4 is 8.32 Å². The molecule has 0 spiro atoms. The molecule has 1 saturated heterocycles. The molecule has 1 rings (SSSR count). The Morgan fingerprint density at radius 2 is 1.46 bits per heavy atom. The van der Waals surface area contributed by atoms with Crippen molar-refractivity contribution in [3.63, 3.8) is 0 Å². The van der Waals surface area contributed by atoms with Gasteiger partial charge in [-0.25, -0.2) is 0 Å². The van der Waals surface area contributed by atoms with Gasteiger partial charge in [0.1, 0.15) is 6.79 Å². The van der Waals surface area contributed by atoms with Crippen molar-refractivity contribution in [1.29, 1.82) is 0 Å². The molecule has 1 aliphatic rings. The van der Waals surface area contributed by atoms with E-state index in [1.807, 2.05) is 0 Å². The Morgan fingerprint density at radius 1 is 0.923 bits per heavy atom. The van der Waals surface area contributed by atoms with Crippen LogP contribution in [0.3, 0.4) is 0 Å². The zero-order valence-electron chi connectivity index (χ0n) is 18.4. The summed E-state index contributed by atoms with van der Waals surface area (Å²) in [5, 5.41) is 0. The van der Waals surface area contributed by atoms with Crippen LogP contribution in [-0.4, -0.2) is 60.4 Å². The largest absolute Gasteiger partial charge is 0.413 e. The van der Waals surface area contributed by atoms with Crippen LogP contribution in [0, 0.1) is 5.92 Å². The van der Waals surface area contributed by atoms with Crippen LogP contribution in [0.2, 0.25) is 16.6 Å². The van der Waals surface area contributed by atoms with Crippen LogP contribution in [-0.2, 0) is 23.4 Å². The van der Waals surface area contributed by atoms with Crippen molar-refractivity contribution in [3.8, 4) is 0 Å². The van der Waals surface area contributed by atoms with Gasteiger partial charge in [0.2, 0.25) is 0 Å². The lowest BCUT2D eigenvalue weighted by Crippen LogP contribution is -2.50. The fourth-order valence-corrected chi connectivity index (χ4v) is 9.83. The highest BCUT2D eigenvalue weighted by molar-refractivity contribution is 6.77. The Kier molecular flexibility index (Phi) is 10.3. The predicted octanol–water partition coefficient (Wildman–Crippen LogP) is 4.61. The smallest absolute Gasteiger partial charge is 0.200 e. The van der Waals surface area contributed by atoms with Gasteiger partial charge in [-0.15, -0.1) is 0 Å². The zero-order chi connectivity index (χ0) is 19.9. The van der Waals surface area contributed by atoms with E-state index < -0.39 is 8.32 Å². The number of hydrogen-bond donors (Lipinski definition) is 0.